The van der Waals surface area contributed by atoms with Gasteiger partial charge < -0.3 is 14.4 Å². The Morgan fingerprint density at radius 1 is 0.897 bits per heavy atom. The quantitative estimate of drug-likeness (QED) is 0.380. The van der Waals surface area contributed by atoms with Crippen molar-refractivity contribution in [2.75, 3.05) is 33.4 Å². The van der Waals surface area contributed by atoms with Gasteiger partial charge in [0.05, 0.1) is 17.4 Å². The number of nitrogens with zero attached hydrogens (tertiary/aromatic N) is 3. The molecular weight excluding hydrogens is 516 g/mol. The summed E-state index contributed by atoms with van der Waals surface area (Å²) in [5, 5.41) is 2.98. The first kappa shape index (κ1) is 24.2. The first-order valence-corrected chi connectivity index (χ1v) is 13.7. The lowest BCUT2D eigenvalue weighted by Crippen LogP contribution is -2.40. The number of likely N-dealkylation sites (N-methyl/N-ethyl adjacent to an activating group) is 1. The summed E-state index contributed by atoms with van der Waals surface area (Å²) in [5.74, 6) is 0.942. The molecule has 4 aliphatic heterocycles. The molecule has 3 aromatic rings. The average molecular weight is 542 g/mol. The summed E-state index contributed by atoms with van der Waals surface area (Å²) in [6, 6.07) is 19.1. The van der Waals surface area contributed by atoms with E-state index in [-0.39, 0.29) is 17.7 Å². The van der Waals surface area contributed by atoms with Gasteiger partial charge in [-0.15, -0.1) is 0 Å². The number of aliphatic imine (C=N–C) groups is 1. The van der Waals surface area contributed by atoms with Crippen molar-refractivity contribution in [1.82, 2.24) is 9.80 Å². The van der Waals surface area contributed by atoms with Crippen molar-refractivity contribution in [3.05, 3.63) is 117 Å². The molecule has 0 amide bonds. The molecule has 0 unspecified atom stereocenters. The minimum Gasteiger partial charge on any atom is -0.486 e. The first-order valence-electron chi connectivity index (χ1n) is 12.8. The number of amidine groups is 1. The molecule has 0 aromatic heterocycles. The third-order valence-electron chi connectivity index (χ3n) is 7.26. The molecule has 0 N–H and O–H groups in total. The average Bonchev–Trinajstić information content (AvgIpc) is 3.37. The van der Waals surface area contributed by atoms with E-state index in [0.29, 0.717) is 19.8 Å². The summed E-state index contributed by atoms with van der Waals surface area (Å²) in [4.78, 5) is 9.68. The van der Waals surface area contributed by atoms with Crippen molar-refractivity contribution < 1.29 is 18.3 Å². The molecule has 4 aliphatic rings. The lowest BCUT2D eigenvalue weighted by atomic mass is 9.88. The van der Waals surface area contributed by atoms with Gasteiger partial charge in [0.25, 0.3) is 0 Å². The number of thioether (sulfide) groups is 1. The fourth-order valence-electron chi connectivity index (χ4n) is 5.54. The Bertz CT molecular complexity index is 1580. The van der Waals surface area contributed by atoms with E-state index < -0.39 is 0 Å². The number of ether oxygens (including phenoxy) is 2. The summed E-state index contributed by atoms with van der Waals surface area (Å²) in [7, 11) is 2.08. The predicted octanol–water partition coefficient (Wildman–Crippen LogP) is 6.48. The molecule has 5 nitrogen and oxygen atoms in total. The standard InChI is InChI=1S/C31H25F2N3O2S/c1-35-16-22(14-19-2-7-23(32)8-3-19)29-25(17-35)30(20-4-9-24(33)10-5-20)36-26(18-39-31(36)34-29)21-6-11-27-28(15-21)38-13-12-37-27/h2-11,14-15,18,30H,12-13,16-17H2,1H3/b22-14+/t30-/m0/s1. The maximum Gasteiger partial charge on any atom is 0.174 e. The number of hydrogen-bond donors (Lipinski definition) is 0. The Balaban J connectivity index is 1.36. The van der Waals surface area contributed by atoms with Crippen LogP contribution in [-0.4, -0.2) is 48.3 Å². The van der Waals surface area contributed by atoms with Crippen LogP contribution in [0.4, 0.5) is 8.78 Å². The minimum atomic E-state index is -0.270. The summed E-state index contributed by atoms with van der Waals surface area (Å²) in [6.45, 7) is 2.49. The van der Waals surface area contributed by atoms with Crippen LogP contribution in [0, 0.1) is 11.6 Å². The Labute approximate surface area is 229 Å². The van der Waals surface area contributed by atoms with Gasteiger partial charge in [-0.1, -0.05) is 36.0 Å². The van der Waals surface area contributed by atoms with Gasteiger partial charge in [-0.2, -0.15) is 0 Å². The van der Waals surface area contributed by atoms with Crippen molar-refractivity contribution in [2.45, 2.75) is 6.04 Å². The molecule has 0 spiro atoms. The third-order valence-corrected chi connectivity index (χ3v) is 8.10. The van der Waals surface area contributed by atoms with E-state index in [1.165, 1.54) is 24.3 Å². The van der Waals surface area contributed by atoms with E-state index in [1.54, 1.807) is 23.9 Å². The molecule has 8 heteroatoms. The van der Waals surface area contributed by atoms with Crippen molar-refractivity contribution in [1.29, 1.82) is 0 Å². The van der Waals surface area contributed by atoms with E-state index in [9.17, 15) is 8.78 Å². The zero-order chi connectivity index (χ0) is 26.5. The maximum atomic E-state index is 14.0. The van der Waals surface area contributed by atoms with Crippen LogP contribution in [0.3, 0.4) is 0 Å². The number of hydrogen-bond acceptors (Lipinski definition) is 6. The molecule has 1 atom stereocenters. The van der Waals surface area contributed by atoms with Crippen LogP contribution < -0.4 is 9.47 Å². The Hall–Kier alpha value is -3.88. The smallest absolute Gasteiger partial charge is 0.174 e. The highest BCUT2D eigenvalue weighted by atomic mass is 32.2. The molecule has 0 radical (unpaired) electrons. The van der Waals surface area contributed by atoms with Crippen molar-refractivity contribution >= 4 is 28.7 Å². The fourth-order valence-corrected chi connectivity index (χ4v) is 6.47. The molecular formula is C31H25F2N3O2S. The second kappa shape index (κ2) is 9.70. The van der Waals surface area contributed by atoms with Crippen LogP contribution in [0.2, 0.25) is 0 Å². The molecule has 0 aliphatic carbocycles. The molecule has 0 bridgehead atoms. The molecule has 7 rings (SSSR count). The van der Waals surface area contributed by atoms with Crippen LogP contribution >= 0.6 is 11.8 Å². The Kier molecular flexibility index (Phi) is 6.01. The van der Waals surface area contributed by atoms with Gasteiger partial charge in [-0.05, 0) is 77.9 Å². The van der Waals surface area contributed by atoms with Gasteiger partial charge in [0, 0.05) is 24.1 Å². The zero-order valence-electron chi connectivity index (χ0n) is 21.2. The van der Waals surface area contributed by atoms with Gasteiger partial charge in [0.1, 0.15) is 24.8 Å². The highest BCUT2D eigenvalue weighted by Crippen LogP contribution is 2.49. The van der Waals surface area contributed by atoms with E-state index in [4.69, 9.17) is 14.5 Å². The molecule has 196 valence electrons. The van der Waals surface area contributed by atoms with Crippen LogP contribution in [0.5, 0.6) is 11.5 Å². The normalized spacial score (nSPS) is 21.5. The largest absolute Gasteiger partial charge is 0.486 e. The van der Waals surface area contributed by atoms with E-state index in [2.05, 4.69) is 28.3 Å². The van der Waals surface area contributed by atoms with Crippen LogP contribution in [0.25, 0.3) is 11.8 Å². The molecule has 0 saturated carbocycles. The first-order chi connectivity index (χ1) is 19.0. The molecule has 0 saturated heterocycles. The highest BCUT2D eigenvalue weighted by Gasteiger charge is 2.41. The van der Waals surface area contributed by atoms with E-state index in [1.807, 2.05) is 30.3 Å². The minimum absolute atomic E-state index is 0.179. The Morgan fingerprint density at radius 2 is 1.62 bits per heavy atom. The van der Waals surface area contributed by atoms with Crippen LogP contribution in [0.15, 0.2) is 94.0 Å². The monoisotopic (exact) mass is 541 g/mol. The third kappa shape index (κ3) is 4.43. The van der Waals surface area contributed by atoms with Gasteiger partial charge in [0.15, 0.2) is 16.7 Å². The number of benzene rings is 3. The molecule has 3 aromatic carbocycles. The number of fused-ring (bicyclic) bond motifs is 2. The highest BCUT2D eigenvalue weighted by molar-refractivity contribution is 8.16. The summed E-state index contributed by atoms with van der Waals surface area (Å²) in [6.07, 6.45) is 2.08. The number of halogens is 2. The summed E-state index contributed by atoms with van der Waals surface area (Å²) >= 11 is 1.58. The predicted molar refractivity (Wildman–Crippen MR) is 150 cm³/mol. The van der Waals surface area contributed by atoms with Gasteiger partial charge in [-0.3, -0.25) is 4.90 Å². The lowest BCUT2D eigenvalue weighted by Gasteiger charge is -2.42. The van der Waals surface area contributed by atoms with Crippen LogP contribution in [-0.2, 0) is 0 Å². The number of rotatable bonds is 3. The SMILES string of the molecule is CN1CC2=C(N=C3SC=C(c4ccc5c(c4)OCCO5)N3[C@H]2c2ccc(F)cc2)/C(=C/c2ccc(F)cc2)C1. The fraction of sp³-hybridized carbons (Fsp3) is 0.194. The van der Waals surface area contributed by atoms with Crippen molar-refractivity contribution in [2.24, 2.45) is 4.99 Å². The maximum absolute atomic E-state index is 14.0. The van der Waals surface area contributed by atoms with Crippen molar-refractivity contribution in [3.8, 4) is 11.5 Å². The van der Waals surface area contributed by atoms with Gasteiger partial charge in [-0.25, -0.2) is 13.8 Å². The van der Waals surface area contributed by atoms with Crippen LogP contribution in [0.1, 0.15) is 22.7 Å². The second-order valence-electron chi connectivity index (χ2n) is 9.97. The lowest BCUT2D eigenvalue weighted by molar-refractivity contribution is 0.171. The summed E-state index contributed by atoms with van der Waals surface area (Å²) < 4.78 is 39.2. The molecule has 39 heavy (non-hydrogen) atoms. The second-order valence-corrected chi connectivity index (χ2v) is 10.8. The van der Waals surface area contributed by atoms with Crippen molar-refractivity contribution in [3.63, 3.8) is 0 Å². The van der Waals surface area contributed by atoms with E-state index >= 15 is 0 Å². The Morgan fingerprint density at radius 3 is 2.38 bits per heavy atom. The van der Waals surface area contributed by atoms with Gasteiger partial charge in [0.2, 0.25) is 0 Å². The van der Waals surface area contributed by atoms with Gasteiger partial charge >= 0.3 is 0 Å². The zero-order valence-corrected chi connectivity index (χ0v) is 22.1. The summed E-state index contributed by atoms with van der Waals surface area (Å²) in [5.41, 5.74) is 7.06. The molecule has 0 fully saturated rings. The topological polar surface area (TPSA) is 37.3 Å². The molecule has 4 heterocycles. The van der Waals surface area contributed by atoms with E-state index in [0.717, 1.165) is 62.4 Å².